The summed E-state index contributed by atoms with van der Waals surface area (Å²) >= 11 is 3.10. The Kier molecular flexibility index (Phi) is 3.66. The Morgan fingerprint density at radius 1 is 1.67 bits per heavy atom. The molecular weight excluding hydrogens is 282 g/mol. The first kappa shape index (κ1) is 11.9. The number of nitriles is 1. The average molecular weight is 290 g/mol. The minimum absolute atomic E-state index is 0.319. The van der Waals surface area contributed by atoms with E-state index < -0.39 is 15.3 Å². The largest absolute Gasteiger partial charge is 0.280 e. The van der Waals surface area contributed by atoms with Crippen molar-refractivity contribution >= 4 is 31.6 Å². The van der Waals surface area contributed by atoms with E-state index in [0.29, 0.717) is 10.3 Å². The standard InChI is InChI=1S/C8H8BrN3O2S/c1-6(5-10)15(13,14)12-7-3-2-4-11-8(7)9/h2-4,6,12H,1H3. The van der Waals surface area contributed by atoms with Gasteiger partial charge in [0, 0.05) is 6.20 Å². The van der Waals surface area contributed by atoms with E-state index in [2.05, 4.69) is 25.6 Å². The Balaban J connectivity index is 2.98. The highest BCUT2D eigenvalue weighted by atomic mass is 79.9. The highest BCUT2D eigenvalue weighted by Crippen LogP contribution is 2.20. The third kappa shape index (κ3) is 2.91. The number of pyridine rings is 1. The molecule has 0 amide bonds. The molecule has 15 heavy (non-hydrogen) atoms. The number of sulfonamides is 1. The second kappa shape index (κ2) is 4.59. The summed E-state index contributed by atoms with van der Waals surface area (Å²) in [5.74, 6) is 0. The van der Waals surface area contributed by atoms with Gasteiger partial charge in [0.05, 0.1) is 11.8 Å². The van der Waals surface area contributed by atoms with E-state index >= 15 is 0 Å². The summed E-state index contributed by atoms with van der Waals surface area (Å²) in [5.41, 5.74) is 0.319. The molecule has 1 atom stereocenters. The van der Waals surface area contributed by atoms with Gasteiger partial charge in [0.25, 0.3) is 0 Å². The second-order valence-electron chi connectivity index (χ2n) is 2.76. The SMILES string of the molecule is CC(C#N)S(=O)(=O)Nc1cccnc1Br. The van der Waals surface area contributed by atoms with Crippen molar-refractivity contribution in [3.8, 4) is 6.07 Å². The molecule has 1 N–H and O–H groups in total. The third-order valence-electron chi connectivity index (χ3n) is 1.66. The quantitative estimate of drug-likeness (QED) is 0.855. The molecule has 0 aliphatic carbocycles. The topological polar surface area (TPSA) is 82.8 Å². The van der Waals surface area contributed by atoms with E-state index in [0.717, 1.165) is 0 Å². The number of nitrogens with zero attached hydrogens (tertiary/aromatic N) is 2. The predicted octanol–water partition coefficient (Wildman–Crippen LogP) is 1.50. The van der Waals surface area contributed by atoms with Crippen LogP contribution in [0.3, 0.4) is 0 Å². The van der Waals surface area contributed by atoms with Crippen LogP contribution in [-0.4, -0.2) is 18.7 Å². The third-order valence-corrected chi connectivity index (χ3v) is 3.83. The number of nitrogens with one attached hydrogen (secondary N) is 1. The van der Waals surface area contributed by atoms with Gasteiger partial charge in [-0.2, -0.15) is 5.26 Å². The van der Waals surface area contributed by atoms with Crippen LogP contribution in [0.1, 0.15) is 6.92 Å². The minimum Gasteiger partial charge on any atom is -0.280 e. The van der Waals surface area contributed by atoms with Gasteiger partial charge in [-0.1, -0.05) is 0 Å². The Labute approximate surface area is 96.3 Å². The van der Waals surface area contributed by atoms with Crippen molar-refractivity contribution < 1.29 is 8.42 Å². The predicted molar refractivity (Wildman–Crippen MR) is 59.6 cm³/mol. The Morgan fingerprint density at radius 2 is 2.33 bits per heavy atom. The summed E-state index contributed by atoms with van der Waals surface area (Å²) in [6.45, 7) is 1.31. The Hall–Kier alpha value is -1.13. The molecule has 0 fully saturated rings. The Bertz CT molecular complexity index is 495. The molecule has 0 saturated heterocycles. The second-order valence-corrected chi connectivity index (χ2v) is 5.51. The van der Waals surface area contributed by atoms with Gasteiger partial charge >= 0.3 is 0 Å². The molecule has 0 spiro atoms. The zero-order valence-corrected chi connectivity index (χ0v) is 10.2. The van der Waals surface area contributed by atoms with E-state index in [9.17, 15) is 8.42 Å². The van der Waals surface area contributed by atoms with Gasteiger partial charge in [-0.05, 0) is 35.0 Å². The van der Waals surface area contributed by atoms with Crippen molar-refractivity contribution in [2.75, 3.05) is 4.72 Å². The maximum atomic E-state index is 11.5. The van der Waals surface area contributed by atoms with Crippen molar-refractivity contribution in [2.45, 2.75) is 12.2 Å². The number of halogens is 1. The van der Waals surface area contributed by atoms with Gasteiger partial charge in [-0.15, -0.1) is 0 Å². The van der Waals surface area contributed by atoms with Crippen LogP contribution >= 0.6 is 15.9 Å². The van der Waals surface area contributed by atoms with Gasteiger partial charge in [0.1, 0.15) is 4.60 Å². The summed E-state index contributed by atoms with van der Waals surface area (Å²) < 4.78 is 25.7. The number of anilines is 1. The minimum atomic E-state index is -3.67. The zero-order chi connectivity index (χ0) is 11.5. The molecule has 5 nitrogen and oxygen atoms in total. The van der Waals surface area contributed by atoms with Crippen LogP contribution in [0.5, 0.6) is 0 Å². The summed E-state index contributed by atoms with van der Waals surface area (Å²) in [6, 6.07) is 4.81. The summed E-state index contributed by atoms with van der Waals surface area (Å²) in [6.07, 6.45) is 1.52. The maximum absolute atomic E-state index is 11.5. The van der Waals surface area contributed by atoms with Gasteiger partial charge in [0.15, 0.2) is 5.25 Å². The lowest BCUT2D eigenvalue weighted by molar-refractivity contribution is 0.597. The molecule has 1 unspecified atom stereocenters. The van der Waals surface area contributed by atoms with Crippen LogP contribution in [0.25, 0.3) is 0 Å². The van der Waals surface area contributed by atoms with Crippen LogP contribution in [0.4, 0.5) is 5.69 Å². The van der Waals surface area contributed by atoms with E-state index in [1.54, 1.807) is 18.2 Å². The van der Waals surface area contributed by atoms with E-state index in [1.807, 2.05) is 0 Å². The molecule has 1 aromatic rings. The summed E-state index contributed by atoms with van der Waals surface area (Å²) in [7, 11) is -3.67. The van der Waals surface area contributed by atoms with E-state index in [1.165, 1.54) is 13.1 Å². The Morgan fingerprint density at radius 3 is 2.87 bits per heavy atom. The van der Waals surface area contributed by atoms with Crippen LogP contribution in [0, 0.1) is 11.3 Å². The molecule has 0 aliphatic rings. The molecular formula is C8H8BrN3O2S. The molecule has 0 aromatic carbocycles. The summed E-state index contributed by atoms with van der Waals surface area (Å²) in [4.78, 5) is 3.86. The van der Waals surface area contributed by atoms with E-state index in [4.69, 9.17) is 5.26 Å². The fourth-order valence-corrected chi connectivity index (χ4v) is 2.04. The molecule has 0 aliphatic heterocycles. The average Bonchev–Trinajstić information content (AvgIpc) is 2.20. The van der Waals surface area contributed by atoms with Gasteiger partial charge < -0.3 is 0 Å². The number of aromatic nitrogens is 1. The molecule has 1 heterocycles. The lowest BCUT2D eigenvalue weighted by Crippen LogP contribution is -2.24. The van der Waals surface area contributed by atoms with Crippen molar-refractivity contribution in [3.05, 3.63) is 22.9 Å². The monoisotopic (exact) mass is 289 g/mol. The number of rotatable bonds is 3. The first-order valence-electron chi connectivity index (χ1n) is 3.99. The highest BCUT2D eigenvalue weighted by Gasteiger charge is 2.20. The lowest BCUT2D eigenvalue weighted by Gasteiger charge is -2.09. The normalized spacial score (nSPS) is 12.9. The van der Waals surface area contributed by atoms with Gasteiger partial charge in [-0.3, -0.25) is 4.72 Å². The number of hydrogen-bond donors (Lipinski definition) is 1. The van der Waals surface area contributed by atoms with Crippen LogP contribution in [-0.2, 0) is 10.0 Å². The van der Waals surface area contributed by atoms with Gasteiger partial charge in [-0.25, -0.2) is 13.4 Å². The van der Waals surface area contributed by atoms with E-state index in [-0.39, 0.29) is 0 Å². The summed E-state index contributed by atoms with van der Waals surface area (Å²) in [5, 5.41) is 7.41. The first-order valence-corrected chi connectivity index (χ1v) is 6.33. The molecule has 0 radical (unpaired) electrons. The van der Waals surface area contributed by atoms with Crippen molar-refractivity contribution in [1.29, 1.82) is 5.26 Å². The fourth-order valence-electron chi connectivity index (χ4n) is 0.773. The molecule has 1 rings (SSSR count). The maximum Gasteiger partial charge on any atom is 0.248 e. The zero-order valence-electron chi connectivity index (χ0n) is 7.81. The van der Waals surface area contributed by atoms with Gasteiger partial charge in [0.2, 0.25) is 10.0 Å². The molecule has 0 saturated carbocycles. The highest BCUT2D eigenvalue weighted by molar-refractivity contribution is 9.10. The van der Waals surface area contributed by atoms with Crippen molar-refractivity contribution in [1.82, 2.24) is 4.98 Å². The lowest BCUT2D eigenvalue weighted by atomic mass is 10.4. The van der Waals surface area contributed by atoms with Crippen LogP contribution in [0.2, 0.25) is 0 Å². The molecule has 7 heteroatoms. The molecule has 1 aromatic heterocycles. The molecule has 0 bridgehead atoms. The smallest absolute Gasteiger partial charge is 0.248 e. The number of hydrogen-bond acceptors (Lipinski definition) is 4. The fraction of sp³-hybridized carbons (Fsp3) is 0.250. The van der Waals surface area contributed by atoms with Crippen molar-refractivity contribution in [3.63, 3.8) is 0 Å². The van der Waals surface area contributed by atoms with Crippen molar-refractivity contribution in [2.24, 2.45) is 0 Å². The molecule has 80 valence electrons. The van der Waals surface area contributed by atoms with Crippen LogP contribution < -0.4 is 4.72 Å². The first-order chi connectivity index (χ1) is 6.97. The van der Waals surface area contributed by atoms with Crippen LogP contribution in [0.15, 0.2) is 22.9 Å².